The van der Waals surface area contributed by atoms with E-state index in [4.69, 9.17) is 20.9 Å². The third-order valence-electron chi connectivity index (χ3n) is 3.02. The molecule has 2 amide bonds. The van der Waals surface area contributed by atoms with Gasteiger partial charge in [0.15, 0.2) is 13.2 Å². The number of nitrogens with two attached hydrogens (primary N) is 2. The molecule has 0 aromatic heterocycles. The molecule has 0 saturated carbocycles. The fraction of sp³-hybridized carbons (Fsp3) is 0.176. The lowest BCUT2D eigenvalue weighted by molar-refractivity contribution is -0.120. The normalized spacial score (nSPS) is 10.1. The summed E-state index contributed by atoms with van der Waals surface area (Å²) in [5, 5.41) is 0. The summed E-state index contributed by atoms with van der Waals surface area (Å²) in [6.07, 6.45) is 0.742. The van der Waals surface area contributed by atoms with Crippen molar-refractivity contribution in [1.29, 1.82) is 0 Å². The Hall–Kier alpha value is -3.02. The summed E-state index contributed by atoms with van der Waals surface area (Å²) in [4.78, 5) is 21.3. The summed E-state index contributed by atoms with van der Waals surface area (Å²) < 4.78 is 10.4. The van der Waals surface area contributed by atoms with Gasteiger partial charge in [-0.1, -0.05) is 24.3 Å². The lowest BCUT2D eigenvalue weighted by Crippen LogP contribution is -2.20. The molecule has 6 heteroatoms. The van der Waals surface area contributed by atoms with Gasteiger partial charge in [0, 0.05) is 0 Å². The molecule has 0 unspecified atom stereocenters. The van der Waals surface area contributed by atoms with Crippen LogP contribution >= 0.6 is 0 Å². The Morgan fingerprint density at radius 1 is 0.696 bits per heavy atom. The number of hydrogen-bond acceptors (Lipinski definition) is 4. The van der Waals surface area contributed by atoms with Gasteiger partial charge in [0.25, 0.3) is 11.8 Å². The van der Waals surface area contributed by atoms with Crippen molar-refractivity contribution in [3.8, 4) is 11.5 Å². The Morgan fingerprint density at radius 2 is 1.04 bits per heavy atom. The molecule has 0 fully saturated rings. The van der Waals surface area contributed by atoms with E-state index in [9.17, 15) is 9.59 Å². The fourth-order valence-electron chi connectivity index (χ4n) is 1.95. The third-order valence-corrected chi connectivity index (χ3v) is 3.02. The molecule has 2 aromatic carbocycles. The van der Waals surface area contributed by atoms with Crippen molar-refractivity contribution < 1.29 is 19.1 Å². The zero-order valence-electron chi connectivity index (χ0n) is 12.5. The molecule has 0 heterocycles. The fourth-order valence-corrected chi connectivity index (χ4v) is 1.95. The summed E-state index contributed by atoms with van der Waals surface area (Å²) in [5.41, 5.74) is 12.2. The third kappa shape index (κ3) is 5.70. The first kappa shape index (κ1) is 16.4. The maximum absolute atomic E-state index is 10.7. The molecule has 2 rings (SSSR count). The average molecular weight is 314 g/mol. The maximum Gasteiger partial charge on any atom is 0.255 e. The van der Waals surface area contributed by atoms with Crippen LogP contribution in [0.4, 0.5) is 0 Å². The first-order valence-corrected chi connectivity index (χ1v) is 7.03. The van der Waals surface area contributed by atoms with Gasteiger partial charge in [0.1, 0.15) is 11.5 Å². The highest BCUT2D eigenvalue weighted by Gasteiger charge is 2.01. The molecule has 0 saturated heterocycles. The monoisotopic (exact) mass is 314 g/mol. The highest BCUT2D eigenvalue weighted by Crippen LogP contribution is 2.17. The van der Waals surface area contributed by atoms with Gasteiger partial charge in [-0.2, -0.15) is 0 Å². The first-order chi connectivity index (χ1) is 11.0. The van der Waals surface area contributed by atoms with E-state index in [1.807, 2.05) is 24.3 Å². The molecule has 23 heavy (non-hydrogen) atoms. The van der Waals surface area contributed by atoms with Crippen molar-refractivity contribution >= 4 is 11.8 Å². The van der Waals surface area contributed by atoms with Crippen LogP contribution in [-0.2, 0) is 16.0 Å². The van der Waals surface area contributed by atoms with Crippen molar-refractivity contribution in [2.45, 2.75) is 6.42 Å². The van der Waals surface area contributed by atoms with Crippen LogP contribution in [0, 0.1) is 0 Å². The Labute approximate surface area is 134 Å². The number of hydrogen-bond donors (Lipinski definition) is 2. The van der Waals surface area contributed by atoms with Gasteiger partial charge in [-0.05, 0) is 41.8 Å². The number of ether oxygens (including phenoxy) is 2. The second-order valence-corrected chi connectivity index (χ2v) is 4.97. The van der Waals surface area contributed by atoms with Crippen LogP contribution in [0.25, 0.3) is 0 Å². The van der Waals surface area contributed by atoms with Gasteiger partial charge in [-0.3, -0.25) is 9.59 Å². The van der Waals surface area contributed by atoms with E-state index >= 15 is 0 Å². The van der Waals surface area contributed by atoms with Gasteiger partial charge >= 0.3 is 0 Å². The van der Waals surface area contributed by atoms with E-state index in [2.05, 4.69) is 0 Å². The molecular formula is C17H18N2O4. The minimum absolute atomic E-state index is 0.133. The van der Waals surface area contributed by atoms with Crippen LogP contribution in [0.15, 0.2) is 48.5 Å². The van der Waals surface area contributed by atoms with E-state index in [-0.39, 0.29) is 13.2 Å². The van der Waals surface area contributed by atoms with E-state index in [0.717, 1.165) is 17.5 Å². The largest absolute Gasteiger partial charge is 0.484 e. The highest BCUT2D eigenvalue weighted by molar-refractivity contribution is 5.75. The van der Waals surface area contributed by atoms with E-state index < -0.39 is 11.8 Å². The molecule has 0 aliphatic heterocycles. The predicted molar refractivity (Wildman–Crippen MR) is 85.1 cm³/mol. The molecular weight excluding hydrogens is 296 g/mol. The second kappa shape index (κ2) is 7.84. The number of amides is 2. The van der Waals surface area contributed by atoms with Crippen molar-refractivity contribution in [1.82, 2.24) is 0 Å². The smallest absolute Gasteiger partial charge is 0.255 e. The predicted octanol–water partition coefficient (Wildman–Crippen LogP) is 1.01. The van der Waals surface area contributed by atoms with Crippen molar-refractivity contribution in [2.24, 2.45) is 11.5 Å². The van der Waals surface area contributed by atoms with E-state index in [0.29, 0.717) is 11.5 Å². The van der Waals surface area contributed by atoms with Crippen LogP contribution in [0.1, 0.15) is 11.1 Å². The molecule has 0 aliphatic carbocycles. The van der Waals surface area contributed by atoms with Crippen LogP contribution in [0.5, 0.6) is 11.5 Å². The topological polar surface area (TPSA) is 105 Å². The van der Waals surface area contributed by atoms with Gasteiger partial charge < -0.3 is 20.9 Å². The summed E-state index contributed by atoms with van der Waals surface area (Å²) in [6, 6.07) is 14.9. The summed E-state index contributed by atoms with van der Waals surface area (Å²) >= 11 is 0. The Bertz CT molecular complexity index is 606. The first-order valence-electron chi connectivity index (χ1n) is 7.03. The Morgan fingerprint density at radius 3 is 1.35 bits per heavy atom. The summed E-state index contributed by atoms with van der Waals surface area (Å²) in [5.74, 6) is 0.186. The van der Waals surface area contributed by atoms with Gasteiger partial charge in [0.05, 0.1) is 0 Å². The highest BCUT2D eigenvalue weighted by atomic mass is 16.5. The summed E-state index contributed by atoms with van der Waals surface area (Å²) in [7, 11) is 0. The second-order valence-electron chi connectivity index (χ2n) is 4.97. The number of rotatable bonds is 8. The van der Waals surface area contributed by atoms with E-state index in [1.54, 1.807) is 24.3 Å². The van der Waals surface area contributed by atoms with Gasteiger partial charge in [0.2, 0.25) is 0 Å². The molecule has 0 spiro atoms. The van der Waals surface area contributed by atoms with Crippen molar-refractivity contribution in [2.75, 3.05) is 13.2 Å². The van der Waals surface area contributed by atoms with Crippen LogP contribution in [0.2, 0.25) is 0 Å². The molecule has 0 aliphatic rings. The zero-order valence-corrected chi connectivity index (χ0v) is 12.5. The lowest BCUT2D eigenvalue weighted by atomic mass is 10.0. The van der Waals surface area contributed by atoms with Crippen LogP contribution in [-0.4, -0.2) is 25.0 Å². The Balaban J connectivity index is 1.91. The quantitative estimate of drug-likeness (QED) is 0.758. The van der Waals surface area contributed by atoms with E-state index in [1.165, 1.54) is 0 Å². The molecule has 0 atom stereocenters. The van der Waals surface area contributed by atoms with Gasteiger partial charge in [-0.15, -0.1) is 0 Å². The van der Waals surface area contributed by atoms with Crippen LogP contribution in [0.3, 0.4) is 0 Å². The van der Waals surface area contributed by atoms with Crippen molar-refractivity contribution in [3.63, 3.8) is 0 Å². The Kier molecular flexibility index (Phi) is 5.57. The number of carbonyl (C=O) groups is 2. The number of carbonyl (C=O) groups excluding carboxylic acids is 2. The zero-order chi connectivity index (χ0) is 16.7. The van der Waals surface area contributed by atoms with Crippen molar-refractivity contribution in [3.05, 3.63) is 59.7 Å². The molecule has 120 valence electrons. The van der Waals surface area contributed by atoms with Gasteiger partial charge in [-0.25, -0.2) is 0 Å². The number of primary amides is 2. The standard InChI is InChI=1S/C17H18N2O4/c18-16(20)10-22-14-5-1-12(2-6-14)9-13-3-7-15(8-4-13)23-11-17(19)21/h1-8H,9-11H2,(H2,18,20)(H2,19,21). The number of benzene rings is 2. The lowest BCUT2D eigenvalue weighted by Gasteiger charge is -2.07. The molecule has 2 aromatic rings. The molecule has 0 bridgehead atoms. The minimum atomic E-state index is -0.507. The summed E-state index contributed by atoms with van der Waals surface area (Å²) in [6.45, 7) is -0.266. The molecule has 0 radical (unpaired) electrons. The average Bonchev–Trinajstić information content (AvgIpc) is 2.53. The molecule has 6 nitrogen and oxygen atoms in total. The maximum atomic E-state index is 10.7. The SMILES string of the molecule is NC(=O)COc1ccc(Cc2ccc(OCC(N)=O)cc2)cc1. The van der Waals surface area contributed by atoms with Crippen LogP contribution < -0.4 is 20.9 Å². The molecule has 4 N–H and O–H groups in total. The minimum Gasteiger partial charge on any atom is -0.484 e.